The molecular formula is C8H18Cl2GeO2. The summed E-state index contributed by atoms with van der Waals surface area (Å²) in [5.74, 6) is 0. The average Bonchev–Trinajstić information content (AvgIpc) is 2.05. The molecule has 0 saturated carbocycles. The fourth-order valence-corrected chi connectivity index (χ4v) is 4.09. The molecule has 0 bridgehead atoms. The van der Waals surface area contributed by atoms with E-state index in [9.17, 15) is 0 Å². The van der Waals surface area contributed by atoms with Crippen molar-refractivity contribution in [1.29, 1.82) is 0 Å². The van der Waals surface area contributed by atoms with Gasteiger partial charge in [-0.2, -0.15) is 0 Å². The maximum absolute atomic E-state index is 5.92. The molecule has 5 heteroatoms. The third-order valence-electron chi connectivity index (χ3n) is 1.54. The molecule has 80 valence electrons. The molecule has 0 aliphatic rings. The van der Waals surface area contributed by atoms with Crippen molar-refractivity contribution in [2.45, 2.75) is 39.5 Å². The molecule has 0 atom stereocenters. The van der Waals surface area contributed by atoms with Crippen LogP contribution >= 0.6 is 20.0 Å². The first-order valence-electron chi connectivity index (χ1n) is 4.78. The van der Waals surface area contributed by atoms with Crippen LogP contribution in [0.25, 0.3) is 0 Å². The first-order valence-corrected chi connectivity index (χ1v) is 12.0. The van der Waals surface area contributed by atoms with Crippen molar-refractivity contribution in [2.24, 2.45) is 0 Å². The second-order valence-corrected chi connectivity index (χ2v) is 12.2. The van der Waals surface area contributed by atoms with Crippen LogP contribution in [0.1, 0.15) is 39.5 Å². The monoisotopic (exact) mass is 290 g/mol. The van der Waals surface area contributed by atoms with E-state index in [4.69, 9.17) is 27.5 Å². The summed E-state index contributed by atoms with van der Waals surface area (Å²) in [6.07, 6.45) is 4.15. The molecule has 0 aromatic carbocycles. The Morgan fingerprint density at radius 3 is 1.62 bits per heavy atom. The number of unbranched alkanes of at least 4 members (excludes halogenated alkanes) is 2. The Bertz CT molecular complexity index is 111. The first kappa shape index (κ1) is 14.0. The molecular weight excluding hydrogens is 272 g/mol. The van der Waals surface area contributed by atoms with Crippen LogP contribution in [0.15, 0.2) is 0 Å². The van der Waals surface area contributed by atoms with E-state index < -0.39 is 12.1 Å². The van der Waals surface area contributed by atoms with Gasteiger partial charge < -0.3 is 0 Å². The Morgan fingerprint density at radius 1 is 0.923 bits per heavy atom. The zero-order valence-electron chi connectivity index (χ0n) is 8.32. The molecule has 0 amide bonds. The normalized spacial score (nSPS) is 12.0. The molecule has 0 unspecified atom stereocenters. The summed E-state index contributed by atoms with van der Waals surface area (Å²) in [5.41, 5.74) is 0. The predicted molar refractivity (Wildman–Crippen MR) is 59.2 cm³/mol. The van der Waals surface area contributed by atoms with E-state index in [1.165, 1.54) is 0 Å². The van der Waals surface area contributed by atoms with E-state index in [-0.39, 0.29) is 0 Å². The van der Waals surface area contributed by atoms with Crippen LogP contribution in [0.4, 0.5) is 0 Å². The van der Waals surface area contributed by atoms with Crippen LogP contribution in [0.2, 0.25) is 0 Å². The fourth-order valence-electron chi connectivity index (χ4n) is 0.712. The van der Waals surface area contributed by atoms with Gasteiger partial charge in [-0.25, -0.2) is 0 Å². The van der Waals surface area contributed by atoms with Crippen molar-refractivity contribution in [2.75, 3.05) is 13.2 Å². The van der Waals surface area contributed by atoms with Crippen LogP contribution in [0.3, 0.4) is 0 Å². The molecule has 0 spiro atoms. The molecule has 0 N–H and O–H groups in total. The Kier molecular flexibility index (Phi) is 9.03. The van der Waals surface area contributed by atoms with Gasteiger partial charge in [0.05, 0.1) is 0 Å². The van der Waals surface area contributed by atoms with Gasteiger partial charge in [0.1, 0.15) is 0 Å². The van der Waals surface area contributed by atoms with Crippen molar-refractivity contribution >= 4 is 32.1 Å². The molecule has 0 fully saturated rings. The van der Waals surface area contributed by atoms with E-state index in [0.717, 1.165) is 25.7 Å². The van der Waals surface area contributed by atoms with Crippen LogP contribution in [0, 0.1) is 0 Å². The molecule has 2 nitrogen and oxygen atoms in total. The van der Waals surface area contributed by atoms with E-state index in [1.807, 2.05) is 0 Å². The molecule has 0 aromatic rings. The van der Waals surface area contributed by atoms with Crippen molar-refractivity contribution in [3.63, 3.8) is 0 Å². The number of hydrogen-bond acceptors (Lipinski definition) is 2. The summed E-state index contributed by atoms with van der Waals surface area (Å²) < 4.78 is 10.6. The summed E-state index contributed by atoms with van der Waals surface area (Å²) in [6, 6.07) is 0. The Labute approximate surface area is 92.3 Å². The van der Waals surface area contributed by atoms with Gasteiger partial charge in [-0.1, -0.05) is 0 Å². The molecule has 0 aliphatic heterocycles. The molecule has 0 radical (unpaired) electrons. The second-order valence-electron chi connectivity index (χ2n) is 2.87. The maximum atomic E-state index is 5.92. The number of rotatable bonds is 8. The number of halogens is 2. The molecule has 0 heterocycles. The van der Waals surface area contributed by atoms with Crippen molar-refractivity contribution in [3.8, 4) is 0 Å². The van der Waals surface area contributed by atoms with Gasteiger partial charge in [0, 0.05) is 0 Å². The van der Waals surface area contributed by atoms with E-state index in [0.29, 0.717) is 13.2 Å². The Morgan fingerprint density at radius 2 is 1.31 bits per heavy atom. The van der Waals surface area contributed by atoms with Crippen LogP contribution in [-0.2, 0) is 7.53 Å². The van der Waals surface area contributed by atoms with Crippen molar-refractivity contribution in [3.05, 3.63) is 0 Å². The van der Waals surface area contributed by atoms with E-state index in [1.54, 1.807) is 0 Å². The summed E-state index contributed by atoms with van der Waals surface area (Å²) in [7, 11) is 11.8. The third-order valence-corrected chi connectivity index (χ3v) is 6.07. The molecule has 0 aromatic heterocycles. The van der Waals surface area contributed by atoms with E-state index >= 15 is 0 Å². The fraction of sp³-hybridized carbons (Fsp3) is 1.00. The SMILES string of the molecule is CCCC[O][Ge]([Cl])([Cl])[O]CCCC. The summed E-state index contributed by atoms with van der Waals surface area (Å²) >= 11 is -3.32. The zero-order chi connectivity index (χ0) is 10.2. The van der Waals surface area contributed by atoms with Crippen molar-refractivity contribution < 1.29 is 7.53 Å². The van der Waals surface area contributed by atoms with Crippen LogP contribution < -0.4 is 0 Å². The van der Waals surface area contributed by atoms with Gasteiger partial charge in [-0.3, -0.25) is 0 Å². The van der Waals surface area contributed by atoms with Crippen molar-refractivity contribution in [1.82, 2.24) is 0 Å². The Balaban J connectivity index is 3.42. The summed E-state index contributed by atoms with van der Waals surface area (Å²) in [6.45, 7) is 5.43. The van der Waals surface area contributed by atoms with Gasteiger partial charge >= 0.3 is 92.4 Å². The average molecular weight is 290 g/mol. The zero-order valence-corrected chi connectivity index (χ0v) is 11.9. The summed E-state index contributed by atoms with van der Waals surface area (Å²) in [4.78, 5) is 0. The standard InChI is InChI=1S/C8H18Cl2GeO2/c1-3-5-7-12-11(9,10)13-8-6-4-2/h3-8H2,1-2H3. The summed E-state index contributed by atoms with van der Waals surface area (Å²) in [5, 5.41) is 0. The second kappa shape index (κ2) is 8.36. The van der Waals surface area contributed by atoms with Gasteiger partial charge in [-0.05, 0) is 0 Å². The van der Waals surface area contributed by atoms with Crippen LogP contribution in [0.5, 0.6) is 0 Å². The first-order chi connectivity index (χ1) is 6.12. The van der Waals surface area contributed by atoms with Crippen LogP contribution in [-0.4, -0.2) is 25.3 Å². The third kappa shape index (κ3) is 9.35. The molecule has 0 rings (SSSR count). The van der Waals surface area contributed by atoms with E-state index in [2.05, 4.69) is 13.8 Å². The van der Waals surface area contributed by atoms with Gasteiger partial charge in [0.2, 0.25) is 0 Å². The molecule has 0 aliphatic carbocycles. The minimum atomic E-state index is -3.32. The molecule has 13 heavy (non-hydrogen) atoms. The molecule has 0 saturated heterocycles. The quantitative estimate of drug-likeness (QED) is 0.503. The number of hydrogen-bond donors (Lipinski definition) is 0. The van der Waals surface area contributed by atoms with Gasteiger partial charge in [-0.15, -0.1) is 0 Å². The minimum absolute atomic E-state index is 0.621. The van der Waals surface area contributed by atoms with Gasteiger partial charge in [0.15, 0.2) is 0 Å². The topological polar surface area (TPSA) is 18.5 Å². The van der Waals surface area contributed by atoms with Gasteiger partial charge in [0.25, 0.3) is 0 Å². The Hall–Kier alpha value is 1.04. The predicted octanol–water partition coefficient (Wildman–Crippen LogP) is 3.53.